The summed E-state index contributed by atoms with van der Waals surface area (Å²) < 4.78 is 0. The summed E-state index contributed by atoms with van der Waals surface area (Å²) >= 11 is 0. The van der Waals surface area contributed by atoms with E-state index in [0.717, 1.165) is 23.7 Å². The lowest BCUT2D eigenvalue weighted by atomic mass is 9.67. The lowest BCUT2D eigenvalue weighted by Crippen LogP contribution is -2.29. The van der Waals surface area contributed by atoms with E-state index in [4.69, 9.17) is 0 Å². The summed E-state index contributed by atoms with van der Waals surface area (Å²) in [6, 6.07) is 0. The maximum atomic E-state index is 2.43. The molecule has 3 unspecified atom stereocenters. The van der Waals surface area contributed by atoms with E-state index in [1.165, 1.54) is 19.3 Å². The minimum atomic E-state index is 0.887. The zero-order chi connectivity index (χ0) is 8.43. The van der Waals surface area contributed by atoms with Crippen molar-refractivity contribution in [3.63, 3.8) is 0 Å². The Morgan fingerprint density at radius 2 is 1.82 bits per heavy atom. The highest BCUT2D eigenvalue weighted by Crippen LogP contribution is 2.41. The van der Waals surface area contributed by atoms with Gasteiger partial charge >= 0.3 is 0 Å². The van der Waals surface area contributed by atoms with E-state index in [1.54, 1.807) is 0 Å². The van der Waals surface area contributed by atoms with Crippen LogP contribution in [0.4, 0.5) is 0 Å². The Kier molecular flexibility index (Phi) is 2.98. The van der Waals surface area contributed by atoms with Crippen LogP contribution in [-0.4, -0.2) is 0 Å². The second-order valence-corrected chi connectivity index (χ2v) is 4.83. The van der Waals surface area contributed by atoms with Gasteiger partial charge in [0.2, 0.25) is 0 Å². The first kappa shape index (κ1) is 9.09. The number of hydrogen-bond acceptors (Lipinski definition) is 0. The molecule has 1 aliphatic rings. The Hall–Kier alpha value is 0. The zero-order valence-electron chi connectivity index (χ0n) is 8.43. The molecule has 1 saturated carbocycles. The first-order chi connectivity index (χ1) is 5.11. The highest BCUT2D eigenvalue weighted by atomic mass is 14.4. The van der Waals surface area contributed by atoms with E-state index in [2.05, 4.69) is 27.7 Å². The Balaban J connectivity index is 2.24. The van der Waals surface area contributed by atoms with Crippen LogP contribution in [0.1, 0.15) is 47.0 Å². The molecule has 0 heterocycles. The van der Waals surface area contributed by atoms with Gasteiger partial charge < -0.3 is 0 Å². The molecule has 0 aliphatic heterocycles. The molecule has 0 aromatic rings. The molecule has 0 aromatic carbocycles. The van der Waals surface area contributed by atoms with Crippen LogP contribution in [0, 0.1) is 23.7 Å². The molecule has 1 fully saturated rings. The van der Waals surface area contributed by atoms with Gasteiger partial charge in [-0.15, -0.1) is 0 Å². The van der Waals surface area contributed by atoms with E-state index in [-0.39, 0.29) is 0 Å². The van der Waals surface area contributed by atoms with Gasteiger partial charge in [0.15, 0.2) is 0 Å². The number of hydrogen-bond donors (Lipinski definition) is 0. The van der Waals surface area contributed by atoms with Crippen LogP contribution in [0.2, 0.25) is 0 Å². The Morgan fingerprint density at radius 3 is 2.09 bits per heavy atom. The molecule has 0 nitrogen and oxygen atoms in total. The third-order valence-electron chi connectivity index (χ3n) is 3.26. The third-order valence-corrected chi connectivity index (χ3v) is 3.26. The summed E-state index contributed by atoms with van der Waals surface area (Å²) in [5, 5.41) is 0. The van der Waals surface area contributed by atoms with E-state index >= 15 is 0 Å². The predicted octanol–water partition coefficient (Wildman–Crippen LogP) is 3.71. The smallest absolute Gasteiger partial charge is 0.0362 e. The van der Waals surface area contributed by atoms with Crippen LogP contribution in [0.15, 0.2) is 0 Å². The lowest BCUT2D eigenvalue weighted by molar-refractivity contribution is 0.115. The van der Waals surface area contributed by atoms with E-state index < -0.39 is 0 Å². The standard InChI is InChI=1S/C11H22/c1-8(2)7-10(4)11-6-5-9(11)3/h8-11H,5-7H2,1-4H3. The molecule has 0 heteroatoms. The van der Waals surface area contributed by atoms with Crippen LogP contribution in [0.3, 0.4) is 0 Å². The monoisotopic (exact) mass is 154 g/mol. The molecular weight excluding hydrogens is 132 g/mol. The zero-order valence-corrected chi connectivity index (χ0v) is 8.43. The highest BCUT2D eigenvalue weighted by molar-refractivity contribution is 4.81. The van der Waals surface area contributed by atoms with Crippen molar-refractivity contribution in [1.82, 2.24) is 0 Å². The van der Waals surface area contributed by atoms with Gasteiger partial charge in [0.05, 0.1) is 0 Å². The summed E-state index contributed by atoms with van der Waals surface area (Å²) in [5.74, 6) is 3.93. The molecule has 0 aromatic heterocycles. The third kappa shape index (κ3) is 2.21. The van der Waals surface area contributed by atoms with E-state index in [9.17, 15) is 0 Å². The van der Waals surface area contributed by atoms with Gasteiger partial charge in [0.1, 0.15) is 0 Å². The van der Waals surface area contributed by atoms with Crippen molar-refractivity contribution in [2.45, 2.75) is 47.0 Å². The average Bonchev–Trinajstić information content (AvgIpc) is 1.82. The van der Waals surface area contributed by atoms with Crippen LogP contribution >= 0.6 is 0 Å². The van der Waals surface area contributed by atoms with Crippen molar-refractivity contribution in [1.29, 1.82) is 0 Å². The molecule has 0 radical (unpaired) electrons. The highest BCUT2D eigenvalue weighted by Gasteiger charge is 2.31. The van der Waals surface area contributed by atoms with Gasteiger partial charge in [-0.25, -0.2) is 0 Å². The summed E-state index contributed by atoms with van der Waals surface area (Å²) in [5.41, 5.74) is 0. The summed E-state index contributed by atoms with van der Waals surface area (Å²) in [6.45, 7) is 9.50. The molecule has 66 valence electrons. The Bertz CT molecular complexity index is 115. The normalized spacial score (nSPS) is 33.5. The fourth-order valence-corrected chi connectivity index (χ4v) is 2.46. The quantitative estimate of drug-likeness (QED) is 0.581. The van der Waals surface area contributed by atoms with Crippen LogP contribution in [-0.2, 0) is 0 Å². The molecule has 0 N–H and O–H groups in total. The molecule has 0 spiro atoms. The SMILES string of the molecule is CC(C)CC(C)C1CCC1C. The minimum Gasteiger partial charge on any atom is -0.0628 e. The van der Waals surface area contributed by atoms with Gasteiger partial charge in [-0.05, 0) is 36.5 Å². The fraction of sp³-hybridized carbons (Fsp3) is 1.00. The summed E-state index contributed by atoms with van der Waals surface area (Å²) in [7, 11) is 0. The van der Waals surface area contributed by atoms with Crippen molar-refractivity contribution in [2.24, 2.45) is 23.7 Å². The summed E-state index contributed by atoms with van der Waals surface area (Å²) in [4.78, 5) is 0. The van der Waals surface area contributed by atoms with Gasteiger partial charge in [0.25, 0.3) is 0 Å². The molecule has 3 atom stereocenters. The van der Waals surface area contributed by atoms with Gasteiger partial charge in [-0.1, -0.05) is 34.1 Å². The van der Waals surface area contributed by atoms with Crippen molar-refractivity contribution < 1.29 is 0 Å². The molecule has 1 rings (SSSR count). The maximum absolute atomic E-state index is 2.43. The van der Waals surface area contributed by atoms with Crippen LogP contribution < -0.4 is 0 Å². The summed E-state index contributed by atoms with van der Waals surface area (Å²) in [6.07, 6.45) is 4.40. The molecule has 0 saturated heterocycles. The first-order valence-electron chi connectivity index (χ1n) is 5.11. The second kappa shape index (κ2) is 3.60. The molecule has 0 bridgehead atoms. The van der Waals surface area contributed by atoms with E-state index in [1.807, 2.05) is 0 Å². The molecule has 1 aliphatic carbocycles. The number of rotatable bonds is 3. The van der Waals surface area contributed by atoms with Gasteiger partial charge in [-0.2, -0.15) is 0 Å². The first-order valence-corrected chi connectivity index (χ1v) is 5.11. The largest absolute Gasteiger partial charge is 0.0628 e. The van der Waals surface area contributed by atoms with Crippen LogP contribution in [0.25, 0.3) is 0 Å². The molecule has 11 heavy (non-hydrogen) atoms. The molecular formula is C11H22. The van der Waals surface area contributed by atoms with Crippen molar-refractivity contribution in [2.75, 3.05) is 0 Å². The van der Waals surface area contributed by atoms with E-state index in [0.29, 0.717) is 0 Å². The molecule has 0 amide bonds. The van der Waals surface area contributed by atoms with Crippen LogP contribution in [0.5, 0.6) is 0 Å². The Labute approximate surface area is 71.4 Å². The average molecular weight is 154 g/mol. The minimum absolute atomic E-state index is 0.887. The topological polar surface area (TPSA) is 0 Å². The van der Waals surface area contributed by atoms with Gasteiger partial charge in [0, 0.05) is 0 Å². The maximum Gasteiger partial charge on any atom is -0.0362 e. The van der Waals surface area contributed by atoms with Gasteiger partial charge in [-0.3, -0.25) is 0 Å². The Morgan fingerprint density at radius 1 is 1.18 bits per heavy atom. The second-order valence-electron chi connectivity index (χ2n) is 4.83. The lowest BCUT2D eigenvalue weighted by Gasteiger charge is -2.39. The fourth-order valence-electron chi connectivity index (χ4n) is 2.46. The predicted molar refractivity (Wildman–Crippen MR) is 50.5 cm³/mol. The van der Waals surface area contributed by atoms with Crippen molar-refractivity contribution >= 4 is 0 Å². The van der Waals surface area contributed by atoms with Crippen molar-refractivity contribution in [3.8, 4) is 0 Å². The van der Waals surface area contributed by atoms with Crippen molar-refractivity contribution in [3.05, 3.63) is 0 Å².